The van der Waals surface area contributed by atoms with Gasteiger partial charge in [-0.05, 0) is 12.1 Å². The summed E-state index contributed by atoms with van der Waals surface area (Å²) in [7, 11) is 0. The zero-order valence-corrected chi connectivity index (χ0v) is 6.39. The van der Waals surface area contributed by atoms with Crippen molar-refractivity contribution >= 4 is 11.0 Å². The molecule has 1 heterocycles. The van der Waals surface area contributed by atoms with Gasteiger partial charge in [-0.25, -0.2) is 18.2 Å². The van der Waals surface area contributed by atoms with E-state index in [1.54, 1.807) is 0 Å². The monoisotopic (exact) mass is 186 g/mol. The third-order valence-corrected chi connectivity index (χ3v) is 1.69. The highest BCUT2D eigenvalue weighted by Gasteiger charge is 2.13. The smallest absolute Gasteiger partial charge is 0.295 e. The standard InChI is InChI=1S/C8H5F3N2/c9-4-2-1-3-5-6(4)13-8(12-5)7(10)11/h1-3,7H,(H,12,13). The number of halogens is 3. The quantitative estimate of drug-likeness (QED) is 0.728. The molecule has 0 spiro atoms. The van der Waals surface area contributed by atoms with Crippen molar-refractivity contribution in [1.29, 1.82) is 0 Å². The molecule has 0 radical (unpaired) electrons. The SMILES string of the molecule is Fc1cccc2[nH]c(C(F)F)nc12. The van der Waals surface area contributed by atoms with Crippen molar-refractivity contribution in [2.24, 2.45) is 0 Å². The van der Waals surface area contributed by atoms with E-state index in [0.29, 0.717) is 0 Å². The largest absolute Gasteiger partial charge is 0.337 e. The molecule has 1 aromatic heterocycles. The van der Waals surface area contributed by atoms with Crippen LogP contribution < -0.4 is 0 Å². The van der Waals surface area contributed by atoms with Crippen molar-refractivity contribution in [2.45, 2.75) is 6.43 Å². The maximum atomic E-state index is 12.9. The number of aromatic nitrogens is 2. The minimum atomic E-state index is -2.70. The van der Waals surface area contributed by atoms with E-state index in [1.165, 1.54) is 18.2 Å². The Morgan fingerprint density at radius 2 is 2.08 bits per heavy atom. The van der Waals surface area contributed by atoms with Crippen LogP contribution in [0.5, 0.6) is 0 Å². The predicted molar refractivity (Wildman–Crippen MR) is 41.0 cm³/mol. The van der Waals surface area contributed by atoms with Crippen molar-refractivity contribution in [1.82, 2.24) is 9.97 Å². The lowest BCUT2D eigenvalue weighted by atomic mass is 10.3. The van der Waals surface area contributed by atoms with E-state index in [-0.39, 0.29) is 11.0 Å². The molecule has 0 aliphatic rings. The van der Waals surface area contributed by atoms with E-state index in [0.717, 1.165) is 0 Å². The molecule has 2 nitrogen and oxygen atoms in total. The topological polar surface area (TPSA) is 28.7 Å². The summed E-state index contributed by atoms with van der Waals surface area (Å²) in [4.78, 5) is 5.77. The van der Waals surface area contributed by atoms with Gasteiger partial charge in [-0.15, -0.1) is 0 Å². The average Bonchev–Trinajstić information content (AvgIpc) is 2.49. The molecule has 5 heteroatoms. The maximum Gasteiger partial charge on any atom is 0.295 e. The fourth-order valence-electron chi connectivity index (χ4n) is 1.12. The lowest BCUT2D eigenvalue weighted by molar-refractivity contribution is 0.142. The highest BCUT2D eigenvalue weighted by Crippen LogP contribution is 2.21. The second-order valence-electron chi connectivity index (χ2n) is 2.56. The average molecular weight is 186 g/mol. The van der Waals surface area contributed by atoms with Crippen LogP contribution in [0.25, 0.3) is 11.0 Å². The Kier molecular flexibility index (Phi) is 1.72. The Labute approximate surface area is 71.4 Å². The first-order valence-corrected chi connectivity index (χ1v) is 3.61. The summed E-state index contributed by atoms with van der Waals surface area (Å²) in [6.45, 7) is 0. The van der Waals surface area contributed by atoms with Crippen LogP contribution in [0.15, 0.2) is 18.2 Å². The van der Waals surface area contributed by atoms with Crippen LogP contribution in [0.3, 0.4) is 0 Å². The molecule has 0 aliphatic carbocycles. The van der Waals surface area contributed by atoms with Gasteiger partial charge in [0.15, 0.2) is 11.6 Å². The van der Waals surface area contributed by atoms with Gasteiger partial charge in [0.25, 0.3) is 6.43 Å². The molecular formula is C8H5F3N2. The Hall–Kier alpha value is -1.52. The van der Waals surface area contributed by atoms with E-state index in [9.17, 15) is 13.2 Å². The number of H-pyrrole nitrogens is 1. The number of rotatable bonds is 1. The van der Waals surface area contributed by atoms with Gasteiger partial charge in [0.1, 0.15) is 5.52 Å². The Morgan fingerprint density at radius 1 is 1.31 bits per heavy atom. The zero-order valence-electron chi connectivity index (χ0n) is 6.39. The third kappa shape index (κ3) is 1.26. The minimum Gasteiger partial charge on any atom is -0.337 e. The summed E-state index contributed by atoms with van der Waals surface area (Å²) < 4.78 is 37.2. The van der Waals surface area contributed by atoms with Crippen molar-refractivity contribution < 1.29 is 13.2 Å². The summed E-state index contributed by atoms with van der Waals surface area (Å²) in [6.07, 6.45) is -2.70. The van der Waals surface area contributed by atoms with Gasteiger partial charge in [0.2, 0.25) is 0 Å². The molecule has 0 saturated heterocycles. The fourth-order valence-corrected chi connectivity index (χ4v) is 1.12. The number of hydrogen-bond acceptors (Lipinski definition) is 1. The molecule has 1 aromatic carbocycles. The van der Waals surface area contributed by atoms with Gasteiger partial charge in [-0.2, -0.15) is 0 Å². The zero-order chi connectivity index (χ0) is 9.42. The molecule has 0 amide bonds. The molecule has 13 heavy (non-hydrogen) atoms. The van der Waals surface area contributed by atoms with Crippen molar-refractivity contribution in [3.8, 4) is 0 Å². The number of benzene rings is 1. The number of para-hydroxylation sites is 1. The molecule has 1 N–H and O–H groups in total. The van der Waals surface area contributed by atoms with Crippen molar-refractivity contribution in [3.63, 3.8) is 0 Å². The van der Waals surface area contributed by atoms with Crippen molar-refractivity contribution in [3.05, 3.63) is 29.8 Å². The Morgan fingerprint density at radius 3 is 2.69 bits per heavy atom. The number of aromatic amines is 1. The lowest BCUT2D eigenvalue weighted by Gasteiger charge is -1.87. The predicted octanol–water partition coefficient (Wildman–Crippen LogP) is 2.64. The van der Waals surface area contributed by atoms with Crippen LogP contribution in [0, 0.1) is 5.82 Å². The molecule has 0 saturated carbocycles. The number of imidazole rings is 1. The second kappa shape index (κ2) is 2.76. The van der Waals surface area contributed by atoms with E-state index in [4.69, 9.17) is 0 Å². The van der Waals surface area contributed by atoms with Crippen LogP contribution in [-0.4, -0.2) is 9.97 Å². The first kappa shape index (κ1) is 8.10. The van der Waals surface area contributed by atoms with Gasteiger partial charge >= 0.3 is 0 Å². The summed E-state index contributed by atoms with van der Waals surface area (Å²) in [5.74, 6) is -1.10. The Bertz CT molecular complexity index is 436. The lowest BCUT2D eigenvalue weighted by Crippen LogP contribution is -1.85. The number of hydrogen-bond donors (Lipinski definition) is 1. The maximum absolute atomic E-state index is 12.9. The van der Waals surface area contributed by atoms with Gasteiger partial charge in [0.05, 0.1) is 5.52 Å². The normalized spacial score (nSPS) is 11.4. The van der Waals surface area contributed by atoms with E-state index >= 15 is 0 Å². The molecule has 0 atom stereocenters. The summed E-state index contributed by atoms with van der Waals surface area (Å²) in [5, 5.41) is 0. The molecule has 0 aliphatic heterocycles. The molecule has 68 valence electrons. The van der Waals surface area contributed by atoms with Crippen LogP contribution in [0.1, 0.15) is 12.2 Å². The number of nitrogens with zero attached hydrogens (tertiary/aromatic N) is 1. The first-order chi connectivity index (χ1) is 6.18. The van der Waals surface area contributed by atoms with Crippen LogP contribution in [0.4, 0.5) is 13.2 Å². The molecule has 0 unspecified atom stereocenters. The Balaban J connectivity index is 2.68. The van der Waals surface area contributed by atoms with Gasteiger partial charge in [0, 0.05) is 0 Å². The molecular weight excluding hydrogens is 181 g/mol. The molecule has 2 aromatic rings. The van der Waals surface area contributed by atoms with Crippen molar-refractivity contribution in [2.75, 3.05) is 0 Å². The van der Waals surface area contributed by atoms with Crippen LogP contribution in [0.2, 0.25) is 0 Å². The van der Waals surface area contributed by atoms with E-state index in [1.807, 2.05) is 0 Å². The summed E-state index contributed by atoms with van der Waals surface area (Å²) >= 11 is 0. The number of fused-ring (bicyclic) bond motifs is 1. The van der Waals surface area contributed by atoms with Gasteiger partial charge < -0.3 is 4.98 Å². The second-order valence-corrected chi connectivity index (χ2v) is 2.56. The van der Waals surface area contributed by atoms with Crippen LogP contribution >= 0.6 is 0 Å². The molecule has 0 bridgehead atoms. The number of alkyl halides is 2. The molecule has 2 rings (SSSR count). The highest BCUT2D eigenvalue weighted by atomic mass is 19.3. The van der Waals surface area contributed by atoms with E-state index in [2.05, 4.69) is 9.97 Å². The van der Waals surface area contributed by atoms with E-state index < -0.39 is 18.1 Å². The fraction of sp³-hybridized carbons (Fsp3) is 0.125. The number of nitrogens with one attached hydrogen (secondary N) is 1. The minimum absolute atomic E-state index is 0.0437. The highest BCUT2D eigenvalue weighted by molar-refractivity contribution is 5.75. The van der Waals surface area contributed by atoms with Gasteiger partial charge in [-0.3, -0.25) is 0 Å². The molecule has 0 fully saturated rings. The summed E-state index contributed by atoms with van der Waals surface area (Å²) in [5.41, 5.74) is 0.244. The summed E-state index contributed by atoms with van der Waals surface area (Å²) in [6, 6.07) is 4.11. The van der Waals surface area contributed by atoms with Gasteiger partial charge in [-0.1, -0.05) is 6.07 Å². The third-order valence-electron chi connectivity index (χ3n) is 1.69. The van der Waals surface area contributed by atoms with Crippen LogP contribution in [-0.2, 0) is 0 Å². The first-order valence-electron chi connectivity index (χ1n) is 3.61.